The molecule has 54 valence electrons. The summed E-state index contributed by atoms with van der Waals surface area (Å²) in [5, 5.41) is 8.28. The summed E-state index contributed by atoms with van der Waals surface area (Å²) in [7, 11) is -3.50. The third kappa shape index (κ3) is 2.41. The van der Waals surface area contributed by atoms with E-state index in [1.54, 1.807) is 0 Å². The average Bonchev–Trinajstić information content (AvgIpc) is 1.62. The molecule has 0 saturated carbocycles. The van der Waals surface area contributed by atoms with Crippen molar-refractivity contribution in [1.82, 2.24) is 0 Å². The minimum absolute atomic E-state index is 0.834. The summed E-state index contributed by atoms with van der Waals surface area (Å²) >= 11 is 0. The maximum atomic E-state index is 10.3. The fourth-order valence-electron chi connectivity index (χ4n) is 0.156. The Bertz CT molecular complexity index is 206. The van der Waals surface area contributed by atoms with E-state index in [-0.39, 0.29) is 0 Å². The van der Waals surface area contributed by atoms with Crippen molar-refractivity contribution in [3.8, 4) is 0 Å². The third-order valence-electron chi connectivity index (χ3n) is 0.917. The van der Waals surface area contributed by atoms with Crippen molar-refractivity contribution in [2.24, 2.45) is 0 Å². The lowest BCUT2D eigenvalue weighted by atomic mass is 10.8. The number of hydrogen-bond acceptors (Lipinski definition) is 4. The van der Waals surface area contributed by atoms with Crippen LogP contribution in [0.15, 0.2) is 0 Å². The van der Waals surface area contributed by atoms with Crippen LogP contribution in [0.2, 0.25) is 0 Å². The number of hydrogen-bond donors (Lipinski definition) is 0. The van der Waals surface area contributed by atoms with Crippen molar-refractivity contribution >= 4 is 9.84 Å². The van der Waals surface area contributed by atoms with Crippen molar-refractivity contribution in [3.63, 3.8) is 0 Å². The van der Waals surface area contributed by atoms with Gasteiger partial charge in [0.1, 0.15) is 0 Å². The summed E-state index contributed by atoms with van der Waals surface area (Å²) in [6.45, 7) is 1.04. The molecule has 0 aromatic rings. The van der Waals surface area contributed by atoms with Gasteiger partial charge < -0.3 is 0 Å². The number of sulfone groups is 1. The SMILES string of the molecule is CC([N+](=O)[O-])S(C)(=O)=O. The van der Waals surface area contributed by atoms with Gasteiger partial charge in [0, 0.05) is 18.1 Å². The normalized spacial score (nSPS) is 14.9. The molecule has 0 aliphatic carbocycles. The first kappa shape index (κ1) is 8.35. The van der Waals surface area contributed by atoms with Gasteiger partial charge in [0.2, 0.25) is 9.84 Å². The van der Waals surface area contributed by atoms with Crippen LogP contribution in [0.25, 0.3) is 0 Å². The maximum absolute atomic E-state index is 10.3. The quantitative estimate of drug-likeness (QED) is 0.401. The highest BCUT2D eigenvalue weighted by atomic mass is 32.2. The largest absolute Gasteiger partial charge is 0.307 e. The van der Waals surface area contributed by atoms with Gasteiger partial charge in [-0.25, -0.2) is 8.42 Å². The molecular formula is C3H7NO4S. The van der Waals surface area contributed by atoms with Gasteiger partial charge in [-0.1, -0.05) is 0 Å². The first-order valence-electron chi connectivity index (χ1n) is 2.18. The Morgan fingerprint density at radius 3 is 1.89 bits per heavy atom. The second kappa shape index (κ2) is 2.30. The molecule has 0 N–H and O–H groups in total. The summed E-state index contributed by atoms with van der Waals surface area (Å²) < 4.78 is 20.7. The highest BCUT2D eigenvalue weighted by molar-refractivity contribution is 7.91. The molecule has 0 aliphatic rings. The number of nitro groups is 1. The van der Waals surface area contributed by atoms with E-state index in [0.717, 1.165) is 13.2 Å². The fraction of sp³-hybridized carbons (Fsp3) is 1.00. The Labute approximate surface area is 52.7 Å². The molecule has 0 aromatic carbocycles. The molecule has 0 bridgehead atoms. The monoisotopic (exact) mass is 153 g/mol. The van der Waals surface area contributed by atoms with Crippen molar-refractivity contribution in [2.45, 2.75) is 12.3 Å². The average molecular weight is 153 g/mol. The highest BCUT2D eigenvalue weighted by Gasteiger charge is 2.24. The van der Waals surface area contributed by atoms with Crippen LogP contribution in [0.1, 0.15) is 6.92 Å². The Balaban J connectivity index is 4.43. The summed E-state index contributed by atoms with van der Waals surface area (Å²) in [5.74, 6) is 0. The van der Waals surface area contributed by atoms with Crippen LogP contribution in [-0.4, -0.2) is 25.0 Å². The van der Waals surface area contributed by atoms with Gasteiger partial charge in [0.05, 0.1) is 0 Å². The summed E-state index contributed by atoms with van der Waals surface area (Å²) in [4.78, 5) is 8.93. The number of nitrogens with zero attached hydrogens (tertiary/aromatic N) is 1. The zero-order valence-electron chi connectivity index (χ0n) is 5.07. The molecule has 0 aliphatic heterocycles. The molecule has 5 nitrogen and oxygen atoms in total. The second-order valence-electron chi connectivity index (χ2n) is 1.71. The van der Waals surface area contributed by atoms with Crippen LogP contribution in [0.3, 0.4) is 0 Å². The van der Waals surface area contributed by atoms with Crippen molar-refractivity contribution in [2.75, 3.05) is 6.26 Å². The van der Waals surface area contributed by atoms with Crippen LogP contribution < -0.4 is 0 Å². The molecule has 1 atom stereocenters. The van der Waals surface area contributed by atoms with Gasteiger partial charge in [0.15, 0.2) is 0 Å². The zero-order chi connectivity index (χ0) is 7.65. The molecule has 0 amide bonds. The second-order valence-corrected chi connectivity index (χ2v) is 4.06. The highest BCUT2D eigenvalue weighted by Crippen LogP contribution is 1.96. The Morgan fingerprint density at radius 1 is 1.56 bits per heavy atom. The molecular weight excluding hydrogens is 146 g/mol. The van der Waals surface area contributed by atoms with E-state index in [4.69, 9.17) is 0 Å². The van der Waals surface area contributed by atoms with Crippen LogP contribution in [0.4, 0.5) is 0 Å². The van der Waals surface area contributed by atoms with E-state index in [1.165, 1.54) is 0 Å². The first-order valence-corrected chi connectivity index (χ1v) is 4.13. The predicted molar refractivity (Wildman–Crippen MR) is 31.3 cm³/mol. The Hall–Kier alpha value is -0.650. The fourth-order valence-corrected chi connectivity index (χ4v) is 0.469. The van der Waals surface area contributed by atoms with Crippen LogP contribution in [-0.2, 0) is 9.84 Å². The van der Waals surface area contributed by atoms with Gasteiger partial charge in [-0.2, -0.15) is 0 Å². The molecule has 0 aromatic heterocycles. The predicted octanol–water partition coefficient (Wildman–Crippen LogP) is -0.346. The van der Waals surface area contributed by atoms with E-state index in [2.05, 4.69) is 0 Å². The van der Waals surface area contributed by atoms with Crippen LogP contribution in [0.5, 0.6) is 0 Å². The maximum Gasteiger partial charge on any atom is 0.307 e. The van der Waals surface area contributed by atoms with Crippen molar-refractivity contribution in [3.05, 3.63) is 10.1 Å². The summed E-state index contributed by atoms with van der Waals surface area (Å²) in [6.07, 6.45) is 0.834. The lowest BCUT2D eigenvalue weighted by molar-refractivity contribution is -0.492. The molecule has 6 heteroatoms. The molecule has 0 radical (unpaired) electrons. The van der Waals surface area contributed by atoms with Crippen LogP contribution >= 0.6 is 0 Å². The minimum atomic E-state index is -3.50. The Morgan fingerprint density at radius 2 is 1.89 bits per heavy atom. The van der Waals surface area contributed by atoms with Gasteiger partial charge in [-0.3, -0.25) is 10.1 Å². The van der Waals surface area contributed by atoms with Crippen molar-refractivity contribution < 1.29 is 13.3 Å². The van der Waals surface area contributed by atoms with Gasteiger partial charge in [-0.15, -0.1) is 0 Å². The molecule has 9 heavy (non-hydrogen) atoms. The minimum Gasteiger partial charge on any atom is -0.263 e. The van der Waals surface area contributed by atoms with E-state index < -0.39 is 20.1 Å². The molecule has 0 saturated heterocycles. The number of rotatable bonds is 2. The van der Waals surface area contributed by atoms with E-state index in [1.807, 2.05) is 0 Å². The van der Waals surface area contributed by atoms with Crippen LogP contribution in [0, 0.1) is 10.1 Å². The molecule has 0 fully saturated rings. The molecule has 0 rings (SSSR count). The van der Waals surface area contributed by atoms with Gasteiger partial charge in [0.25, 0.3) is 0 Å². The van der Waals surface area contributed by atoms with E-state index in [0.29, 0.717) is 0 Å². The summed E-state index contributed by atoms with van der Waals surface area (Å²) in [6, 6.07) is 0. The topological polar surface area (TPSA) is 77.3 Å². The van der Waals surface area contributed by atoms with Gasteiger partial charge in [-0.05, 0) is 0 Å². The third-order valence-corrected chi connectivity index (χ3v) is 2.33. The first-order chi connectivity index (χ1) is 3.85. The standard InChI is InChI=1S/C3H7NO4S/c1-3(4(5)6)9(2,7)8/h3H,1-2H3. The molecule has 0 spiro atoms. The lowest BCUT2D eigenvalue weighted by Crippen LogP contribution is -2.24. The zero-order valence-corrected chi connectivity index (χ0v) is 5.88. The van der Waals surface area contributed by atoms with Crippen molar-refractivity contribution in [1.29, 1.82) is 0 Å². The van der Waals surface area contributed by atoms with E-state index >= 15 is 0 Å². The molecule has 0 heterocycles. The Kier molecular flexibility index (Phi) is 2.13. The summed E-state index contributed by atoms with van der Waals surface area (Å²) in [5.41, 5.74) is 0. The smallest absolute Gasteiger partial charge is 0.263 e. The molecule has 1 unspecified atom stereocenters. The van der Waals surface area contributed by atoms with E-state index in [9.17, 15) is 18.5 Å². The van der Waals surface area contributed by atoms with Gasteiger partial charge >= 0.3 is 5.37 Å². The lowest BCUT2D eigenvalue weighted by Gasteiger charge is -1.97.